The van der Waals surface area contributed by atoms with Gasteiger partial charge in [-0.3, -0.25) is 9.79 Å². The van der Waals surface area contributed by atoms with Gasteiger partial charge >= 0.3 is 0 Å². The fraction of sp³-hybridized carbons (Fsp3) is 0.238. The van der Waals surface area contributed by atoms with Gasteiger partial charge in [0.2, 0.25) is 5.91 Å². The first-order valence-electron chi connectivity index (χ1n) is 9.10. The monoisotopic (exact) mass is 377 g/mol. The highest BCUT2D eigenvalue weighted by atomic mass is 16.3. The maximum absolute atomic E-state index is 12.2. The van der Waals surface area contributed by atoms with E-state index in [0.717, 1.165) is 18.4 Å². The highest BCUT2D eigenvalue weighted by Crippen LogP contribution is 2.23. The fourth-order valence-corrected chi connectivity index (χ4v) is 2.78. The van der Waals surface area contributed by atoms with Crippen molar-refractivity contribution < 1.29 is 9.90 Å². The van der Waals surface area contributed by atoms with Gasteiger partial charge in [-0.25, -0.2) is 9.98 Å². The number of rotatable bonds is 6. The minimum atomic E-state index is -0.134. The van der Waals surface area contributed by atoms with Gasteiger partial charge in [0.05, 0.1) is 5.69 Å². The molecule has 0 radical (unpaired) electrons. The van der Waals surface area contributed by atoms with E-state index in [1.54, 1.807) is 19.1 Å². The molecule has 2 aromatic carbocycles. The number of hydrogen-bond donors (Lipinski definition) is 3. The summed E-state index contributed by atoms with van der Waals surface area (Å²) in [5, 5.41) is 12.6. The van der Waals surface area contributed by atoms with E-state index in [-0.39, 0.29) is 24.2 Å². The fourth-order valence-electron chi connectivity index (χ4n) is 2.78. The summed E-state index contributed by atoms with van der Waals surface area (Å²) >= 11 is 0. The van der Waals surface area contributed by atoms with E-state index in [2.05, 4.69) is 20.3 Å². The quantitative estimate of drug-likeness (QED) is 0.531. The zero-order valence-corrected chi connectivity index (χ0v) is 15.7. The predicted molar refractivity (Wildman–Crippen MR) is 111 cm³/mol. The molecule has 0 aliphatic carbocycles. The van der Waals surface area contributed by atoms with Crippen molar-refractivity contribution in [3.05, 3.63) is 59.7 Å². The molecule has 1 aliphatic rings. The summed E-state index contributed by atoms with van der Waals surface area (Å²) in [6, 6.07) is 15.1. The summed E-state index contributed by atoms with van der Waals surface area (Å²) in [6.45, 7) is 2.00. The van der Waals surface area contributed by atoms with Crippen molar-refractivity contribution in [1.29, 1.82) is 0 Å². The zero-order chi connectivity index (χ0) is 19.9. The molecule has 7 heteroatoms. The normalized spacial score (nSPS) is 13.8. The second kappa shape index (κ2) is 8.94. The van der Waals surface area contributed by atoms with E-state index in [0.29, 0.717) is 23.7 Å². The molecule has 0 fully saturated rings. The van der Waals surface area contributed by atoms with Crippen LogP contribution in [0.15, 0.2) is 63.5 Å². The summed E-state index contributed by atoms with van der Waals surface area (Å²) in [7, 11) is 0. The molecule has 0 atom stereocenters. The van der Waals surface area contributed by atoms with Gasteiger partial charge in [0.1, 0.15) is 18.1 Å². The van der Waals surface area contributed by atoms with Crippen LogP contribution in [0, 0.1) is 6.92 Å². The number of amidine groups is 2. The number of aliphatic imine (C=N–C) groups is 3. The van der Waals surface area contributed by atoms with Crippen molar-refractivity contribution in [3.8, 4) is 5.75 Å². The molecule has 1 heterocycles. The SMILES string of the molecule is Cc1ccc(N=C(N)C2=NCN=C2NC(=O)CCCc2ccccc2)cc1O. The van der Waals surface area contributed by atoms with Gasteiger partial charge in [0.25, 0.3) is 0 Å². The number of phenolic OH excluding ortho intramolecular Hbond substituents is 1. The van der Waals surface area contributed by atoms with Crippen LogP contribution in [-0.2, 0) is 11.2 Å². The molecule has 28 heavy (non-hydrogen) atoms. The summed E-state index contributed by atoms with van der Waals surface area (Å²) in [4.78, 5) is 24.9. The van der Waals surface area contributed by atoms with Crippen LogP contribution in [-0.4, -0.2) is 35.1 Å². The molecule has 1 amide bonds. The van der Waals surface area contributed by atoms with Crippen LogP contribution < -0.4 is 11.1 Å². The van der Waals surface area contributed by atoms with Crippen LogP contribution in [0.3, 0.4) is 0 Å². The summed E-state index contributed by atoms with van der Waals surface area (Å²) in [6.07, 6.45) is 1.95. The number of nitrogens with two attached hydrogens (primary N) is 1. The first-order chi connectivity index (χ1) is 13.5. The number of nitrogens with zero attached hydrogens (tertiary/aromatic N) is 3. The van der Waals surface area contributed by atoms with Gasteiger partial charge in [-0.15, -0.1) is 0 Å². The molecule has 0 saturated carbocycles. The van der Waals surface area contributed by atoms with Gasteiger partial charge in [0, 0.05) is 12.5 Å². The Labute approximate surface area is 163 Å². The number of aryl methyl sites for hydroxylation is 2. The van der Waals surface area contributed by atoms with Gasteiger partial charge in [-0.2, -0.15) is 0 Å². The zero-order valence-electron chi connectivity index (χ0n) is 15.7. The lowest BCUT2D eigenvalue weighted by Crippen LogP contribution is -2.40. The average molecular weight is 377 g/mol. The van der Waals surface area contributed by atoms with Crippen LogP contribution in [0.4, 0.5) is 5.69 Å². The number of amides is 1. The van der Waals surface area contributed by atoms with Crippen molar-refractivity contribution in [2.24, 2.45) is 20.7 Å². The Morgan fingerprint density at radius 2 is 2.00 bits per heavy atom. The molecule has 0 saturated heterocycles. The minimum Gasteiger partial charge on any atom is -0.508 e. The third-order valence-electron chi connectivity index (χ3n) is 4.34. The summed E-state index contributed by atoms with van der Waals surface area (Å²) in [5.74, 6) is 0.486. The molecule has 7 nitrogen and oxygen atoms in total. The van der Waals surface area contributed by atoms with E-state index in [1.165, 1.54) is 11.6 Å². The van der Waals surface area contributed by atoms with Gasteiger partial charge in [0.15, 0.2) is 11.7 Å². The number of aromatic hydroxyl groups is 1. The van der Waals surface area contributed by atoms with Crippen LogP contribution in [0.25, 0.3) is 0 Å². The van der Waals surface area contributed by atoms with Gasteiger partial charge < -0.3 is 16.2 Å². The van der Waals surface area contributed by atoms with E-state index in [1.807, 2.05) is 30.3 Å². The number of nitrogens with one attached hydrogen (secondary N) is 1. The van der Waals surface area contributed by atoms with E-state index in [4.69, 9.17) is 5.73 Å². The maximum atomic E-state index is 12.2. The molecular weight excluding hydrogens is 354 g/mol. The molecule has 0 bridgehead atoms. The Balaban J connectivity index is 1.57. The van der Waals surface area contributed by atoms with E-state index in [9.17, 15) is 9.90 Å². The molecule has 0 unspecified atom stereocenters. The number of carbonyl (C=O) groups excluding carboxylic acids is 1. The smallest absolute Gasteiger partial charge is 0.225 e. The highest BCUT2D eigenvalue weighted by Gasteiger charge is 2.20. The molecular formula is C21H23N5O2. The largest absolute Gasteiger partial charge is 0.508 e. The Hall–Kier alpha value is -3.48. The second-order valence-corrected chi connectivity index (χ2v) is 6.51. The first-order valence-corrected chi connectivity index (χ1v) is 9.10. The Kier molecular flexibility index (Phi) is 6.16. The Bertz CT molecular complexity index is 949. The van der Waals surface area contributed by atoms with E-state index < -0.39 is 0 Å². The molecule has 0 aromatic heterocycles. The van der Waals surface area contributed by atoms with Crippen molar-refractivity contribution in [2.45, 2.75) is 26.2 Å². The van der Waals surface area contributed by atoms with Crippen molar-refractivity contribution in [3.63, 3.8) is 0 Å². The number of hydrogen-bond acceptors (Lipinski definition) is 5. The minimum absolute atomic E-state index is 0.134. The third kappa shape index (κ3) is 5.03. The predicted octanol–water partition coefficient (Wildman–Crippen LogP) is 2.64. The van der Waals surface area contributed by atoms with Crippen LogP contribution in [0.1, 0.15) is 24.0 Å². The molecule has 1 aliphatic heterocycles. The number of benzene rings is 2. The molecule has 2 aromatic rings. The lowest BCUT2D eigenvalue weighted by molar-refractivity contribution is -0.119. The van der Waals surface area contributed by atoms with Crippen LogP contribution in [0.5, 0.6) is 5.75 Å². The summed E-state index contributed by atoms with van der Waals surface area (Å²) in [5.41, 5.74) is 8.86. The van der Waals surface area contributed by atoms with Gasteiger partial charge in [-0.1, -0.05) is 36.4 Å². The Morgan fingerprint density at radius 1 is 1.21 bits per heavy atom. The molecule has 0 spiro atoms. The molecule has 3 rings (SSSR count). The lowest BCUT2D eigenvalue weighted by atomic mass is 10.1. The first kappa shape index (κ1) is 19.3. The third-order valence-corrected chi connectivity index (χ3v) is 4.34. The van der Waals surface area contributed by atoms with Crippen molar-refractivity contribution >= 4 is 29.0 Å². The van der Waals surface area contributed by atoms with Gasteiger partial charge in [-0.05, 0) is 37.0 Å². The number of phenols is 1. The molecule has 144 valence electrons. The molecule has 4 N–H and O–H groups in total. The van der Waals surface area contributed by atoms with Crippen LogP contribution in [0.2, 0.25) is 0 Å². The average Bonchev–Trinajstić information content (AvgIpc) is 3.14. The Morgan fingerprint density at radius 3 is 2.75 bits per heavy atom. The van der Waals surface area contributed by atoms with Crippen molar-refractivity contribution in [1.82, 2.24) is 5.32 Å². The topological polar surface area (TPSA) is 112 Å². The van der Waals surface area contributed by atoms with E-state index >= 15 is 0 Å². The number of carbonyl (C=O) groups is 1. The van der Waals surface area contributed by atoms with Crippen LogP contribution >= 0.6 is 0 Å². The maximum Gasteiger partial charge on any atom is 0.225 e. The highest BCUT2D eigenvalue weighted by molar-refractivity contribution is 6.69. The van der Waals surface area contributed by atoms with Crippen molar-refractivity contribution in [2.75, 3.05) is 6.67 Å². The second-order valence-electron chi connectivity index (χ2n) is 6.51. The summed E-state index contributed by atoms with van der Waals surface area (Å²) < 4.78 is 0. The lowest BCUT2D eigenvalue weighted by Gasteiger charge is -2.08. The standard InChI is InChI=1S/C21H23N5O2/c1-14-10-11-16(12-17(14)27)25-20(22)19-21(24-13-23-19)26-18(28)9-5-8-15-6-3-2-4-7-15/h2-4,6-7,10-12,27H,5,8-9,13H2,1H3,(H2,22,25)(H,24,26,28).